The minimum Gasteiger partial charge on any atom is -0.491 e. The van der Waals surface area contributed by atoms with E-state index in [1.54, 1.807) is 42.5 Å². The molecule has 0 spiro atoms. The van der Waals surface area contributed by atoms with Gasteiger partial charge in [-0.25, -0.2) is 14.4 Å². The van der Waals surface area contributed by atoms with Crippen molar-refractivity contribution in [2.75, 3.05) is 25.1 Å². The number of fused-ring (bicyclic) bond motifs is 2. The number of hydrogen-bond acceptors (Lipinski definition) is 9. The minimum absolute atomic E-state index is 0.162. The fraction of sp³-hybridized carbons (Fsp3) is 0.184. The second kappa shape index (κ2) is 19.5. The molecule has 1 aromatic heterocycles. The lowest BCUT2D eigenvalue weighted by atomic mass is 9.99. The van der Waals surface area contributed by atoms with Gasteiger partial charge in [0.05, 0.1) is 29.1 Å². The van der Waals surface area contributed by atoms with Gasteiger partial charge in [-0.05, 0) is 120 Å². The summed E-state index contributed by atoms with van der Waals surface area (Å²) < 4.78 is 37.2. The van der Waals surface area contributed by atoms with Gasteiger partial charge in [0.15, 0.2) is 0 Å². The van der Waals surface area contributed by atoms with Gasteiger partial charge in [0.25, 0.3) is 5.91 Å². The molecule has 0 saturated heterocycles. The van der Waals surface area contributed by atoms with Crippen LogP contribution in [0, 0.1) is 5.82 Å². The van der Waals surface area contributed by atoms with E-state index in [0.29, 0.717) is 64.6 Å². The van der Waals surface area contributed by atoms with Crippen LogP contribution in [0.2, 0.25) is 5.02 Å². The number of anilines is 2. The molecule has 8 rings (SSSR count). The van der Waals surface area contributed by atoms with Gasteiger partial charge < -0.3 is 24.3 Å². The van der Waals surface area contributed by atoms with E-state index in [-0.39, 0.29) is 24.8 Å². The summed E-state index contributed by atoms with van der Waals surface area (Å²) in [6.07, 6.45) is 5.66. The summed E-state index contributed by atoms with van der Waals surface area (Å²) in [6, 6.07) is 38.9. The van der Waals surface area contributed by atoms with Crippen LogP contribution in [0.25, 0.3) is 22.0 Å². The monoisotopic (exact) mass is 836 g/mol. The predicted octanol–water partition coefficient (Wildman–Crippen LogP) is 10.8. The summed E-state index contributed by atoms with van der Waals surface area (Å²) in [5.74, 6) is 1.92. The molecule has 0 saturated carbocycles. The van der Waals surface area contributed by atoms with Crippen LogP contribution < -0.4 is 24.8 Å². The Hall–Kier alpha value is -6.82. The first-order chi connectivity index (χ1) is 29.8. The Kier molecular flexibility index (Phi) is 13.1. The predicted molar refractivity (Wildman–Crippen MR) is 233 cm³/mol. The van der Waals surface area contributed by atoms with Gasteiger partial charge in [-0.2, -0.15) is 0 Å². The lowest BCUT2D eigenvalue weighted by Crippen LogP contribution is -2.37. The van der Waals surface area contributed by atoms with Crippen LogP contribution in [0.5, 0.6) is 23.0 Å². The number of benzene rings is 6. The van der Waals surface area contributed by atoms with Crippen molar-refractivity contribution in [3.8, 4) is 34.1 Å². The summed E-state index contributed by atoms with van der Waals surface area (Å²) in [6.45, 7) is 1.82. The second-order valence-electron chi connectivity index (χ2n) is 14.5. The number of unbranched alkanes of at least 4 members (excludes halogenated alkanes) is 2. The molecule has 0 atom stereocenters. The average molecular weight is 837 g/mol. The van der Waals surface area contributed by atoms with Crippen LogP contribution in [0.3, 0.4) is 0 Å². The molecule has 2 heterocycles. The topological polar surface area (TPSA) is 121 Å². The summed E-state index contributed by atoms with van der Waals surface area (Å²) in [4.78, 5) is 33.1. The highest BCUT2D eigenvalue weighted by Crippen LogP contribution is 2.34. The molecule has 61 heavy (non-hydrogen) atoms. The van der Waals surface area contributed by atoms with Crippen LogP contribution in [-0.4, -0.2) is 41.6 Å². The molecule has 0 radical (unpaired) electrons. The number of imide groups is 1. The Morgan fingerprint density at radius 2 is 1.52 bits per heavy atom. The molecule has 2 N–H and O–H groups in total. The highest BCUT2D eigenvalue weighted by atomic mass is 35.5. The zero-order valence-corrected chi connectivity index (χ0v) is 33.9. The van der Waals surface area contributed by atoms with Crippen molar-refractivity contribution in [2.45, 2.75) is 38.7 Å². The summed E-state index contributed by atoms with van der Waals surface area (Å²) in [5, 5.41) is 6.99. The number of carbonyl (C=O) groups excluding carboxylic acids is 2. The highest BCUT2D eigenvalue weighted by Gasteiger charge is 2.26. The number of aromatic nitrogens is 2. The molecular formula is C49H42ClFN4O6. The SMILES string of the molecule is O=C1Cc2cccc(Oc3ccc(CCCCCOCCOc4ccc(-c5ccc6ncnc(Nc7ccc(OCc8cccc(F)c8)c(Cl)c7)c6c5)cc4)cc3)c2C(=O)N1. The van der Waals surface area contributed by atoms with Gasteiger partial charge in [-0.1, -0.05) is 72.6 Å². The molecule has 0 aliphatic carbocycles. The first-order valence-corrected chi connectivity index (χ1v) is 20.4. The largest absolute Gasteiger partial charge is 0.491 e. The standard InChI is InChI=1S/C49H42ClFN4O6/c50-42-29-38(16-22-44(42)60-30-33-7-4-9-37(51)26-33)54-48-41-27-35(15-21-43(41)52-31-53-48)34-13-19-39(20-14-34)59-25-24-58-23-3-1-2-6-32-11-17-40(18-12-32)61-45-10-5-8-36-28-46(56)55-49(57)47(36)45/h4-5,7-22,26-27,29,31H,1-3,6,23-25,28,30H2,(H,52,53,54)(H,55,56,57). The lowest BCUT2D eigenvalue weighted by Gasteiger charge is -2.18. The van der Waals surface area contributed by atoms with Crippen molar-refractivity contribution in [3.05, 3.63) is 167 Å². The lowest BCUT2D eigenvalue weighted by molar-refractivity contribution is -0.119. The third kappa shape index (κ3) is 10.7. The zero-order chi connectivity index (χ0) is 42.0. The van der Waals surface area contributed by atoms with Gasteiger partial charge in [-0.3, -0.25) is 14.9 Å². The summed E-state index contributed by atoms with van der Waals surface area (Å²) >= 11 is 6.55. The number of nitrogens with zero attached hydrogens (tertiary/aromatic N) is 2. The summed E-state index contributed by atoms with van der Waals surface area (Å²) in [5.41, 5.74) is 6.55. The molecule has 1 aliphatic heterocycles. The van der Waals surface area contributed by atoms with Crippen molar-refractivity contribution < 1.29 is 32.9 Å². The Labute approximate surface area is 357 Å². The fourth-order valence-electron chi connectivity index (χ4n) is 7.05. The highest BCUT2D eigenvalue weighted by molar-refractivity contribution is 6.32. The normalized spacial score (nSPS) is 12.2. The van der Waals surface area contributed by atoms with E-state index in [1.807, 2.05) is 66.7 Å². The van der Waals surface area contributed by atoms with E-state index in [2.05, 4.69) is 26.7 Å². The average Bonchev–Trinajstić information content (AvgIpc) is 3.26. The molecule has 0 bridgehead atoms. The number of aryl methyl sites for hydroxylation is 1. The van der Waals surface area contributed by atoms with Gasteiger partial charge in [-0.15, -0.1) is 0 Å². The van der Waals surface area contributed by atoms with Gasteiger partial charge in [0, 0.05) is 17.7 Å². The van der Waals surface area contributed by atoms with Crippen molar-refractivity contribution >= 4 is 45.8 Å². The van der Waals surface area contributed by atoms with Gasteiger partial charge in [0.2, 0.25) is 5.91 Å². The van der Waals surface area contributed by atoms with Crippen LogP contribution in [0.15, 0.2) is 134 Å². The van der Waals surface area contributed by atoms with E-state index in [1.165, 1.54) is 24.0 Å². The maximum atomic E-state index is 13.6. The number of rotatable bonds is 18. The zero-order valence-electron chi connectivity index (χ0n) is 33.2. The number of amides is 2. The van der Waals surface area contributed by atoms with E-state index >= 15 is 0 Å². The number of nitrogens with one attached hydrogen (secondary N) is 2. The molecule has 0 fully saturated rings. The van der Waals surface area contributed by atoms with Crippen LogP contribution in [0.1, 0.15) is 46.3 Å². The van der Waals surface area contributed by atoms with Gasteiger partial charge in [0.1, 0.15) is 54.2 Å². The molecule has 7 aromatic rings. The fourth-order valence-corrected chi connectivity index (χ4v) is 7.29. The Balaban J connectivity index is 0.747. The van der Waals surface area contributed by atoms with E-state index in [0.717, 1.165) is 59.2 Å². The maximum Gasteiger partial charge on any atom is 0.261 e. The van der Waals surface area contributed by atoms with E-state index in [4.69, 9.17) is 30.5 Å². The molecule has 12 heteroatoms. The van der Waals surface area contributed by atoms with Gasteiger partial charge >= 0.3 is 0 Å². The number of hydrogen-bond donors (Lipinski definition) is 2. The molecule has 10 nitrogen and oxygen atoms in total. The smallest absolute Gasteiger partial charge is 0.261 e. The van der Waals surface area contributed by atoms with Crippen molar-refractivity contribution in [1.29, 1.82) is 0 Å². The molecular weight excluding hydrogens is 795 g/mol. The quantitative estimate of drug-likeness (QED) is 0.0643. The Bertz CT molecular complexity index is 2660. The molecule has 6 aromatic carbocycles. The first-order valence-electron chi connectivity index (χ1n) is 20.1. The van der Waals surface area contributed by atoms with Crippen molar-refractivity contribution in [2.24, 2.45) is 0 Å². The summed E-state index contributed by atoms with van der Waals surface area (Å²) in [7, 11) is 0. The number of halogens is 2. The van der Waals surface area contributed by atoms with E-state index < -0.39 is 5.91 Å². The molecule has 2 amide bonds. The third-order valence-corrected chi connectivity index (χ3v) is 10.4. The maximum absolute atomic E-state index is 13.6. The third-order valence-electron chi connectivity index (χ3n) is 10.1. The number of ether oxygens (including phenoxy) is 4. The van der Waals surface area contributed by atoms with Crippen LogP contribution in [-0.2, 0) is 29.0 Å². The first kappa shape index (κ1) is 40.9. The Morgan fingerprint density at radius 1 is 0.705 bits per heavy atom. The van der Waals surface area contributed by atoms with E-state index in [9.17, 15) is 14.0 Å². The van der Waals surface area contributed by atoms with Crippen LogP contribution >= 0.6 is 11.6 Å². The number of carbonyl (C=O) groups is 2. The van der Waals surface area contributed by atoms with Crippen LogP contribution in [0.4, 0.5) is 15.9 Å². The second-order valence-corrected chi connectivity index (χ2v) is 14.9. The molecule has 1 aliphatic rings. The van der Waals surface area contributed by atoms with Crippen molar-refractivity contribution in [3.63, 3.8) is 0 Å². The molecule has 308 valence electrons. The molecule has 0 unspecified atom stereocenters. The Morgan fingerprint density at radius 3 is 2.36 bits per heavy atom. The minimum atomic E-state index is -0.429. The van der Waals surface area contributed by atoms with Crippen molar-refractivity contribution in [1.82, 2.24) is 15.3 Å².